The number of nitrogens with zero attached hydrogens (tertiary/aromatic N) is 4. The van der Waals surface area contributed by atoms with Gasteiger partial charge < -0.3 is 9.80 Å². The molecule has 4 heterocycles. The van der Waals surface area contributed by atoms with Gasteiger partial charge in [0, 0.05) is 32.4 Å². The first-order valence-electron chi connectivity index (χ1n) is 11.9. The Bertz CT molecular complexity index is 1160. The highest BCUT2D eigenvalue weighted by Gasteiger charge is 2.26. The lowest BCUT2D eigenvalue weighted by atomic mass is 9.89. The monoisotopic (exact) mass is 448 g/mol. The number of pyridine rings is 1. The van der Waals surface area contributed by atoms with Crippen molar-refractivity contribution >= 4 is 17.3 Å². The van der Waals surface area contributed by atoms with Crippen molar-refractivity contribution in [1.82, 2.24) is 19.4 Å². The number of amides is 2. The Morgan fingerprint density at radius 3 is 2.52 bits per heavy atom. The maximum Gasteiger partial charge on any atom is 0.257 e. The summed E-state index contributed by atoms with van der Waals surface area (Å²) in [5, 5.41) is 4.39. The Balaban J connectivity index is 1.25. The highest BCUT2D eigenvalue weighted by molar-refractivity contribution is 6.00. The molecule has 0 saturated carbocycles. The van der Waals surface area contributed by atoms with Crippen molar-refractivity contribution in [2.75, 3.05) is 26.2 Å². The second kappa shape index (κ2) is 9.33. The molecule has 0 spiro atoms. The zero-order valence-electron chi connectivity index (χ0n) is 18.8. The summed E-state index contributed by atoms with van der Waals surface area (Å²) >= 11 is 0. The van der Waals surface area contributed by atoms with Gasteiger partial charge in [0.25, 0.3) is 5.91 Å². The molecule has 0 N–H and O–H groups in total. The number of likely N-dealkylation sites (tertiary alicyclic amines) is 2. The average molecular weight is 449 g/mol. The Morgan fingerprint density at radius 1 is 0.970 bits per heavy atom. The molecule has 6 nitrogen and oxygen atoms in total. The van der Waals surface area contributed by atoms with Crippen LogP contribution in [-0.2, 0) is 11.2 Å². The fraction of sp³-hybridized carbons (Fsp3) is 0.423. The summed E-state index contributed by atoms with van der Waals surface area (Å²) in [5.74, 6) is 0.132. The molecule has 3 aromatic rings. The van der Waals surface area contributed by atoms with E-state index in [9.17, 15) is 14.0 Å². The second-order valence-electron chi connectivity index (χ2n) is 9.16. The van der Waals surface area contributed by atoms with Gasteiger partial charge in [-0.1, -0.05) is 12.1 Å². The highest BCUT2D eigenvalue weighted by Crippen LogP contribution is 2.30. The smallest absolute Gasteiger partial charge is 0.257 e. The first-order chi connectivity index (χ1) is 16.1. The predicted molar refractivity (Wildman–Crippen MR) is 124 cm³/mol. The van der Waals surface area contributed by atoms with E-state index < -0.39 is 0 Å². The van der Waals surface area contributed by atoms with Crippen molar-refractivity contribution in [2.24, 2.45) is 0 Å². The van der Waals surface area contributed by atoms with Crippen LogP contribution in [0, 0.1) is 5.82 Å². The highest BCUT2D eigenvalue weighted by atomic mass is 19.1. The second-order valence-corrected chi connectivity index (χ2v) is 9.16. The summed E-state index contributed by atoms with van der Waals surface area (Å²) in [6.07, 6.45) is 8.89. The number of fused-ring (bicyclic) bond motifs is 1. The van der Waals surface area contributed by atoms with Crippen LogP contribution in [0.5, 0.6) is 0 Å². The minimum Gasteiger partial charge on any atom is -0.342 e. The lowest BCUT2D eigenvalue weighted by Crippen LogP contribution is -2.38. The van der Waals surface area contributed by atoms with Gasteiger partial charge in [-0.3, -0.25) is 9.59 Å². The van der Waals surface area contributed by atoms with E-state index in [0.29, 0.717) is 30.1 Å². The minimum atomic E-state index is -0.313. The van der Waals surface area contributed by atoms with Crippen molar-refractivity contribution < 1.29 is 14.0 Å². The summed E-state index contributed by atoms with van der Waals surface area (Å²) in [6, 6.07) is 10.4. The largest absolute Gasteiger partial charge is 0.342 e. The average Bonchev–Trinajstić information content (AvgIpc) is 3.27. The Morgan fingerprint density at radius 2 is 1.76 bits per heavy atom. The van der Waals surface area contributed by atoms with Gasteiger partial charge >= 0.3 is 0 Å². The van der Waals surface area contributed by atoms with Gasteiger partial charge in [-0.05, 0) is 73.4 Å². The van der Waals surface area contributed by atoms with Crippen LogP contribution in [0.15, 0.2) is 48.8 Å². The normalized spacial score (nSPS) is 17.5. The number of halogens is 1. The first-order valence-corrected chi connectivity index (χ1v) is 11.9. The maximum absolute atomic E-state index is 13.4. The SMILES string of the molecule is O=C(Cc1cccc(F)c1)N1CCC(c2ccn3ncc(C(=O)N4CCCCC4)c3c2)CC1. The molecule has 1 aromatic carbocycles. The van der Waals surface area contributed by atoms with Gasteiger partial charge in [0.1, 0.15) is 5.82 Å². The predicted octanol–water partition coefficient (Wildman–Crippen LogP) is 4.05. The Kier molecular flexibility index (Phi) is 6.11. The molecule has 2 saturated heterocycles. The number of carbonyl (C=O) groups excluding carboxylic acids is 2. The molecule has 5 rings (SSSR count). The third-order valence-electron chi connectivity index (χ3n) is 6.98. The van der Waals surface area contributed by atoms with Crippen LogP contribution in [0.4, 0.5) is 4.39 Å². The molecule has 2 fully saturated rings. The molecule has 2 aliphatic rings. The lowest BCUT2D eigenvalue weighted by Gasteiger charge is -2.32. The molecular weight excluding hydrogens is 419 g/mol. The lowest BCUT2D eigenvalue weighted by molar-refractivity contribution is -0.131. The molecule has 0 aliphatic carbocycles. The quantitative estimate of drug-likeness (QED) is 0.605. The van der Waals surface area contributed by atoms with Crippen LogP contribution < -0.4 is 0 Å². The fourth-order valence-corrected chi connectivity index (χ4v) is 5.08. The van der Waals surface area contributed by atoms with Gasteiger partial charge in [-0.15, -0.1) is 0 Å². The minimum absolute atomic E-state index is 0.0414. The van der Waals surface area contributed by atoms with E-state index in [1.54, 1.807) is 22.8 Å². The summed E-state index contributed by atoms with van der Waals surface area (Å²) in [6.45, 7) is 3.00. The zero-order valence-corrected chi connectivity index (χ0v) is 18.8. The van der Waals surface area contributed by atoms with Crippen LogP contribution in [0.25, 0.3) is 5.52 Å². The van der Waals surface area contributed by atoms with E-state index in [1.165, 1.54) is 24.1 Å². The molecule has 0 atom stereocenters. The van der Waals surface area contributed by atoms with Gasteiger partial charge in [0.2, 0.25) is 5.91 Å². The summed E-state index contributed by atoms with van der Waals surface area (Å²) < 4.78 is 15.2. The fourth-order valence-electron chi connectivity index (χ4n) is 5.08. The number of hydrogen-bond acceptors (Lipinski definition) is 3. The molecule has 0 unspecified atom stereocenters. The van der Waals surface area contributed by atoms with Crippen LogP contribution in [0.3, 0.4) is 0 Å². The third kappa shape index (κ3) is 4.63. The number of aromatic nitrogens is 2. The maximum atomic E-state index is 13.4. The summed E-state index contributed by atoms with van der Waals surface area (Å²) in [4.78, 5) is 29.6. The van der Waals surface area contributed by atoms with Gasteiger partial charge in [-0.25, -0.2) is 8.91 Å². The standard InChI is InChI=1S/C26H29FN4O2/c27-22-6-4-5-19(15-22)16-25(32)29-12-7-20(8-13-29)21-9-14-31-24(17-21)23(18-28-31)26(33)30-10-2-1-3-11-30/h4-6,9,14-15,17-18,20H,1-3,7-8,10-13,16H2. The van der Waals surface area contributed by atoms with Crippen molar-refractivity contribution in [1.29, 1.82) is 0 Å². The molecule has 7 heteroatoms. The number of piperidine rings is 2. The molecule has 172 valence electrons. The van der Waals surface area contributed by atoms with E-state index in [-0.39, 0.29) is 24.1 Å². The van der Waals surface area contributed by atoms with E-state index in [1.807, 2.05) is 16.0 Å². The molecule has 2 aliphatic heterocycles. The topological polar surface area (TPSA) is 57.9 Å². The molecule has 33 heavy (non-hydrogen) atoms. The number of rotatable bonds is 4. The summed E-state index contributed by atoms with van der Waals surface area (Å²) in [7, 11) is 0. The van der Waals surface area contributed by atoms with Crippen LogP contribution >= 0.6 is 0 Å². The van der Waals surface area contributed by atoms with Gasteiger partial charge in [0.15, 0.2) is 0 Å². The van der Waals surface area contributed by atoms with E-state index in [4.69, 9.17) is 0 Å². The number of carbonyl (C=O) groups is 2. The Labute approximate surface area is 193 Å². The summed E-state index contributed by atoms with van der Waals surface area (Å²) in [5.41, 5.74) is 3.42. The molecule has 0 bridgehead atoms. The number of hydrogen-bond donors (Lipinski definition) is 0. The van der Waals surface area contributed by atoms with E-state index >= 15 is 0 Å². The van der Waals surface area contributed by atoms with E-state index in [0.717, 1.165) is 44.3 Å². The van der Waals surface area contributed by atoms with E-state index in [2.05, 4.69) is 17.2 Å². The number of benzene rings is 1. The van der Waals surface area contributed by atoms with Crippen molar-refractivity contribution in [3.63, 3.8) is 0 Å². The zero-order chi connectivity index (χ0) is 22.8. The van der Waals surface area contributed by atoms with Crippen LogP contribution in [0.2, 0.25) is 0 Å². The Hall–Kier alpha value is -3.22. The van der Waals surface area contributed by atoms with Gasteiger partial charge in [-0.2, -0.15) is 5.10 Å². The van der Waals surface area contributed by atoms with Crippen LogP contribution in [0.1, 0.15) is 59.5 Å². The van der Waals surface area contributed by atoms with Crippen molar-refractivity contribution in [2.45, 2.75) is 44.4 Å². The van der Waals surface area contributed by atoms with Crippen molar-refractivity contribution in [3.8, 4) is 0 Å². The molecule has 2 amide bonds. The molecule has 2 aromatic heterocycles. The first kappa shape index (κ1) is 21.6. The molecular formula is C26H29FN4O2. The van der Waals surface area contributed by atoms with Gasteiger partial charge in [0.05, 0.1) is 23.7 Å². The molecule has 0 radical (unpaired) electrons. The third-order valence-corrected chi connectivity index (χ3v) is 6.98. The van der Waals surface area contributed by atoms with Crippen LogP contribution in [-0.4, -0.2) is 57.4 Å². The van der Waals surface area contributed by atoms with Crippen molar-refractivity contribution in [3.05, 3.63) is 71.3 Å².